The number of benzene rings is 3. The summed E-state index contributed by atoms with van der Waals surface area (Å²) in [7, 11) is -3.84. The summed E-state index contributed by atoms with van der Waals surface area (Å²) in [6, 6.07) is 21.0. The third-order valence-corrected chi connectivity index (χ3v) is 12.6. The number of hydrogen-bond acceptors (Lipinski definition) is 9. The Morgan fingerprint density at radius 1 is 0.705 bits per heavy atom. The monoisotopic (exact) mass is 847 g/mol. The predicted molar refractivity (Wildman–Crippen MR) is 237 cm³/mol. The number of rotatable bonds is 17. The molecular weight excluding hydrogens is 791 g/mol. The maximum Gasteiger partial charge on any atom is 0.265 e. The first-order chi connectivity index (χ1) is 29.0. The third-order valence-electron chi connectivity index (χ3n) is 10.8. The minimum absolute atomic E-state index is 0.0245. The summed E-state index contributed by atoms with van der Waals surface area (Å²) in [5.74, 6) is 0.892. The van der Waals surface area contributed by atoms with E-state index in [4.69, 9.17) is 24.9 Å². The van der Waals surface area contributed by atoms with E-state index < -0.39 is 15.9 Å². The standard InChI is InChI=1S/C46H57N9O5S/c1-8-9-10-11-12-13-14-15-16-37(60-34-19-23-36(24-20-34)61(58,59)35-21-17-33(56)18-22-35)44(57)47-32-26-30(42-48-40-28-38(45(2,3)4)50-54(40)52-42)25-31(27-32)43-49-41-29-39(46(5,6)7)51-55(41)53-43/h17-29,37,50-51,56H,8-16H2,1-7H3,(H,47,57). The first kappa shape index (κ1) is 43.1. The molecule has 4 aromatic heterocycles. The number of nitrogens with zero attached hydrogens (tertiary/aromatic N) is 6. The average molecular weight is 848 g/mol. The molecule has 7 aromatic rings. The van der Waals surface area contributed by atoms with Gasteiger partial charge < -0.3 is 15.2 Å². The largest absolute Gasteiger partial charge is 0.508 e. The van der Waals surface area contributed by atoms with E-state index in [9.17, 15) is 18.3 Å². The number of phenols is 1. The summed E-state index contributed by atoms with van der Waals surface area (Å²) < 4.78 is 36.3. The number of aromatic hydroxyl groups is 1. The van der Waals surface area contributed by atoms with Crippen LogP contribution >= 0.6 is 0 Å². The second-order valence-corrected chi connectivity index (χ2v) is 19.8. The highest BCUT2D eigenvalue weighted by atomic mass is 32.2. The molecule has 0 fully saturated rings. The number of unbranched alkanes of at least 4 members (excludes halogenated alkanes) is 7. The molecule has 1 amide bonds. The number of hydrogen-bond donors (Lipinski definition) is 4. The van der Waals surface area contributed by atoms with Gasteiger partial charge in [0.1, 0.15) is 11.5 Å². The van der Waals surface area contributed by atoms with Crippen molar-refractivity contribution in [3.63, 3.8) is 0 Å². The van der Waals surface area contributed by atoms with Crippen molar-refractivity contribution in [3.8, 4) is 34.3 Å². The van der Waals surface area contributed by atoms with Gasteiger partial charge in [0.2, 0.25) is 9.84 Å². The van der Waals surface area contributed by atoms with Crippen LogP contribution in [0.1, 0.15) is 118 Å². The number of sulfone groups is 1. The molecule has 15 heteroatoms. The molecule has 1 atom stereocenters. The van der Waals surface area contributed by atoms with Crippen molar-refractivity contribution in [2.24, 2.45) is 0 Å². The van der Waals surface area contributed by atoms with Crippen LogP contribution in [0.5, 0.6) is 11.5 Å². The van der Waals surface area contributed by atoms with Crippen LogP contribution in [0.4, 0.5) is 5.69 Å². The van der Waals surface area contributed by atoms with E-state index in [0.29, 0.717) is 51.9 Å². The topological polar surface area (TPSA) is 185 Å². The van der Waals surface area contributed by atoms with Crippen molar-refractivity contribution in [1.29, 1.82) is 0 Å². The molecule has 7 rings (SSSR count). The fraction of sp³-hybridized carbons (Fsp3) is 0.413. The first-order valence-corrected chi connectivity index (χ1v) is 22.7. The van der Waals surface area contributed by atoms with Gasteiger partial charge in [0.25, 0.3) is 5.91 Å². The van der Waals surface area contributed by atoms with Gasteiger partial charge in [-0.15, -0.1) is 10.2 Å². The van der Waals surface area contributed by atoms with E-state index in [0.717, 1.165) is 37.1 Å². The molecular formula is C46H57N9O5S. The second kappa shape index (κ2) is 17.6. The number of carbonyl (C=O) groups excluding carboxylic acids is 1. The van der Waals surface area contributed by atoms with Crippen molar-refractivity contribution < 1.29 is 23.1 Å². The van der Waals surface area contributed by atoms with E-state index in [1.165, 1.54) is 62.1 Å². The molecule has 61 heavy (non-hydrogen) atoms. The van der Waals surface area contributed by atoms with Crippen LogP contribution < -0.4 is 10.1 Å². The summed E-state index contributed by atoms with van der Waals surface area (Å²) in [5, 5.41) is 29.0. The van der Waals surface area contributed by atoms with Gasteiger partial charge in [0, 0.05) is 51.2 Å². The molecule has 0 aliphatic carbocycles. The van der Waals surface area contributed by atoms with Crippen molar-refractivity contribution >= 4 is 32.7 Å². The zero-order valence-electron chi connectivity index (χ0n) is 36.1. The second-order valence-electron chi connectivity index (χ2n) is 17.9. The highest BCUT2D eigenvalue weighted by Crippen LogP contribution is 2.32. The van der Waals surface area contributed by atoms with Gasteiger partial charge in [-0.25, -0.2) is 18.4 Å². The zero-order valence-corrected chi connectivity index (χ0v) is 36.9. The number of phenolic OH excluding ortho intramolecular Hbond substituents is 1. The molecule has 0 radical (unpaired) electrons. The number of fused-ring (bicyclic) bond motifs is 2. The van der Waals surface area contributed by atoms with Crippen LogP contribution in [0.3, 0.4) is 0 Å². The van der Waals surface area contributed by atoms with E-state index in [1.807, 2.05) is 30.3 Å². The Balaban J connectivity index is 1.17. The van der Waals surface area contributed by atoms with E-state index in [1.54, 1.807) is 21.4 Å². The minimum atomic E-state index is -3.84. The van der Waals surface area contributed by atoms with Crippen molar-refractivity contribution in [1.82, 2.24) is 39.6 Å². The number of nitrogens with one attached hydrogen (secondary N) is 3. The highest BCUT2D eigenvalue weighted by Gasteiger charge is 2.25. The van der Waals surface area contributed by atoms with Gasteiger partial charge in [0.05, 0.1) is 9.79 Å². The molecule has 0 aliphatic heterocycles. The van der Waals surface area contributed by atoms with E-state index >= 15 is 0 Å². The van der Waals surface area contributed by atoms with Crippen LogP contribution in [-0.4, -0.2) is 65.2 Å². The third kappa shape index (κ3) is 10.2. The molecule has 3 aromatic carbocycles. The summed E-state index contributed by atoms with van der Waals surface area (Å²) in [5.41, 5.74) is 4.88. The van der Waals surface area contributed by atoms with Crippen molar-refractivity contribution in [2.45, 2.75) is 133 Å². The average Bonchev–Trinajstić information content (AvgIpc) is 3.99. The lowest BCUT2D eigenvalue weighted by Gasteiger charge is -2.20. The smallest absolute Gasteiger partial charge is 0.265 e. The van der Waals surface area contributed by atoms with Gasteiger partial charge in [0.15, 0.2) is 29.0 Å². The summed E-state index contributed by atoms with van der Waals surface area (Å²) in [6.07, 6.45) is 8.37. The maximum absolute atomic E-state index is 14.3. The van der Waals surface area contributed by atoms with Gasteiger partial charge in [-0.05, 0) is 79.6 Å². The van der Waals surface area contributed by atoms with Crippen LogP contribution in [0, 0.1) is 0 Å². The van der Waals surface area contributed by atoms with Crippen molar-refractivity contribution in [2.75, 3.05) is 5.32 Å². The predicted octanol–water partition coefficient (Wildman–Crippen LogP) is 9.81. The fourth-order valence-electron chi connectivity index (χ4n) is 7.07. The summed E-state index contributed by atoms with van der Waals surface area (Å²) in [4.78, 5) is 24.1. The van der Waals surface area contributed by atoms with Gasteiger partial charge in [-0.3, -0.25) is 15.0 Å². The first-order valence-electron chi connectivity index (χ1n) is 21.2. The normalized spacial score (nSPS) is 13.0. The number of carbonyl (C=O) groups is 1. The van der Waals surface area contributed by atoms with Crippen molar-refractivity contribution in [3.05, 3.63) is 90.3 Å². The number of H-pyrrole nitrogens is 2. The van der Waals surface area contributed by atoms with Gasteiger partial charge in [-0.2, -0.15) is 9.26 Å². The lowest BCUT2D eigenvalue weighted by molar-refractivity contribution is -0.123. The SMILES string of the molecule is CCCCCCCCCCC(Oc1ccc(S(=O)(=O)c2ccc(O)cc2)cc1)C(=O)Nc1cc(-c2nc3cc(C(C)(C)C)[nH]n3n2)cc(-c2nc3cc(C(C)(C)C)[nH]n3n2)c1. The van der Waals surface area contributed by atoms with Crippen LogP contribution in [-0.2, 0) is 25.5 Å². The molecule has 0 saturated heterocycles. The Hall–Kier alpha value is -5.96. The summed E-state index contributed by atoms with van der Waals surface area (Å²) >= 11 is 0. The number of ether oxygens (including phenoxy) is 1. The van der Waals surface area contributed by atoms with Crippen LogP contribution in [0.2, 0.25) is 0 Å². The quantitative estimate of drug-likeness (QED) is 0.0648. The minimum Gasteiger partial charge on any atom is -0.508 e. The Labute approximate surface area is 357 Å². The number of aromatic nitrogens is 8. The van der Waals surface area contributed by atoms with Gasteiger partial charge in [-0.1, -0.05) is 93.4 Å². The molecule has 4 N–H and O–H groups in total. The molecule has 0 saturated carbocycles. The summed E-state index contributed by atoms with van der Waals surface area (Å²) in [6.45, 7) is 14.9. The number of amides is 1. The van der Waals surface area contributed by atoms with Gasteiger partial charge >= 0.3 is 0 Å². The molecule has 4 heterocycles. The van der Waals surface area contributed by atoms with E-state index in [-0.39, 0.29) is 32.3 Å². The molecule has 0 bridgehead atoms. The van der Waals surface area contributed by atoms with E-state index in [2.05, 4.69) is 64.0 Å². The van der Waals surface area contributed by atoms with Crippen LogP contribution in [0.15, 0.2) is 88.7 Å². The van der Waals surface area contributed by atoms with Crippen LogP contribution in [0.25, 0.3) is 34.1 Å². The zero-order chi connectivity index (χ0) is 43.5. The molecule has 14 nitrogen and oxygen atoms in total. The Morgan fingerprint density at radius 2 is 1.18 bits per heavy atom. The molecule has 322 valence electrons. The molecule has 0 aliphatic rings. The number of anilines is 1. The Morgan fingerprint density at radius 3 is 1.66 bits per heavy atom. The highest BCUT2D eigenvalue weighted by molar-refractivity contribution is 7.91. The Bertz CT molecular complexity index is 2550. The lowest BCUT2D eigenvalue weighted by Crippen LogP contribution is -2.33. The lowest BCUT2D eigenvalue weighted by atomic mass is 9.93. The number of aromatic amines is 2. The Kier molecular flexibility index (Phi) is 12.4. The fourth-order valence-corrected chi connectivity index (χ4v) is 8.34. The maximum atomic E-state index is 14.3. The molecule has 1 unspecified atom stereocenters. The molecule has 0 spiro atoms.